The highest BCUT2D eigenvalue weighted by atomic mass is 16.4. The number of hydrogen-bond acceptors (Lipinski definition) is 5. The van der Waals surface area contributed by atoms with Crippen LogP contribution in [0.2, 0.25) is 0 Å². The van der Waals surface area contributed by atoms with E-state index >= 15 is 0 Å². The van der Waals surface area contributed by atoms with E-state index in [9.17, 15) is 5.11 Å². The molecule has 3 rings (SSSR count). The van der Waals surface area contributed by atoms with Crippen LogP contribution in [-0.4, -0.2) is 28.0 Å². The number of nitrogens with zero attached hydrogens (tertiary/aromatic N) is 2. The molecule has 106 valence electrons. The van der Waals surface area contributed by atoms with E-state index in [1.54, 1.807) is 0 Å². The molecule has 2 aromatic rings. The molecule has 5 nitrogen and oxygen atoms in total. The average Bonchev–Trinajstić information content (AvgIpc) is 3.10. The third-order valence-electron chi connectivity index (χ3n) is 3.79. The van der Waals surface area contributed by atoms with Crippen LogP contribution < -0.4 is 5.32 Å². The summed E-state index contributed by atoms with van der Waals surface area (Å²) < 4.78 is 5.61. The Morgan fingerprint density at radius 1 is 1.20 bits per heavy atom. The molecule has 2 unspecified atom stereocenters. The molecule has 1 fully saturated rings. The molecule has 1 saturated carbocycles. The van der Waals surface area contributed by atoms with Crippen molar-refractivity contribution in [3.63, 3.8) is 0 Å². The van der Waals surface area contributed by atoms with E-state index in [-0.39, 0.29) is 6.10 Å². The molecule has 0 amide bonds. The Morgan fingerprint density at radius 2 is 2.05 bits per heavy atom. The highest BCUT2D eigenvalue weighted by Gasteiger charge is 2.24. The molecule has 2 atom stereocenters. The molecule has 1 aliphatic carbocycles. The predicted octanol–water partition coefficient (Wildman–Crippen LogP) is 1.99. The van der Waals surface area contributed by atoms with Gasteiger partial charge in [0.05, 0.1) is 12.6 Å². The maximum Gasteiger partial charge on any atom is 0.247 e. The van der Waals surface area contributed by atoms with Crippen LogP contribution in [0.25, 0.3) is 11.5 Å². The summed E-state index contributed by atoms with van der Waals surface area (Å²) in [6.07, 6.45) is 2.97. The summed E-state index contributed by atoms with van der Waals surface area (Å²) >= 11 is 0. The van der Waals surface area contributed by atoms with Gasteiger partial charge >= 0.3 is 0 Å². The topological polar surface area (TPSA) is 71.2 Å². The van der Waals surface area contributed by atoms with Crippen LogP contribution in [0.3, 0.4) is 0 Å². The van der Waals surface area contributed by atoms with Gasteiger partial charge in [-0.3, -0.25) is 0 Å². The fraction of sp³-hybridized carbons (Fsp3) is 0.467. The van der Waals surface area contributed by atoms with Gasteiger partial charge in [-0.15, -0.1) is 10.2 Å². The number of aliphatic hydroxyl groups excluding tert-OH is 1. The van der Waals surface area contributed by atoms with Gasteiger partial charge in [-0.05, 0) is 30.9 Å². The molecule has 2 N–H and O–H groups in total. The summed E-state index contributed by atoms with van der Waals surface area (Å²) in [4.78, 5) is 0. The lowest BCUT2D eigenvalue weighted by atomic mass is 10.1. The third kappa shape index (κ3) is 3.05. The minimum atomic E-state index is -0.162. The van der Waals surface area contributed by atoms with Gasteiger partial charge in [0.15, 0.2) is 0 Å². The van der Waals surface area contributed by atoms with Crippen molar-refractivity contribution in [3.05, 3.63) is 36.2 Å². The first-order valence-electron chi connectivity index (χ1n) is 7.09. The van der Waals surface area contributed by atoms with Gasteiger partial charge in [0, 0.05) is 12.1 Å². The van der Waals surface area contributed by atoms with Gasteiger partial charge in [-0.1, -0.05) is 24.6 Å². The quantitative estimate of drug-likeness (QED) is 0.871. The molecule has 1 aromatic carbocycles. The second-order valence-corrected chi connectivity index (χ2v) is 5.26. The Labute approximate surface area is 118 Å². The average molecular weight is 273 g/mol. The minimum Gasteiger partial charge on any atom is -0.419 e. The maximum absolute atomic E-state index is 9.75. The van der Waals surface area contributed by atoms with Crippen molar-refractivity contribution in [2.24, 2.45) is 5.92 Å². The Bertz CT molecular complexity index is 541. The first-order chi connectivity index (χ1) is 9.83. The van der Waals surface area contributed by atoms with Crippen molar-refractivity contribution in [1.29, 1.82) is 0 Å². The van der Waals surface area contributed by atoms with E-state index in [1.807, 2.05) is 30.3 Å². The van der Waals surface area contributed by atoms with Gasteiger partial charge in [-0.2, -0.15) is 0 Å². The van der Waals surface area contributed by atoms with E-state index < -0.39 is 0 Å². The zero-order valence-electron chi connectivity index (χ0n) is 11.3. The lowest BCUT2D eigenvalue weighted by molar-refractivity contribution is 0.131. The number of nitrogens with one attached hydrogen (secondary N) is 1. The summed E-state index contributed by atoms with van der Waals surface area (Å²) in [7, 11) is 0. The summed E-state index contributed by atoms with van der Waals surface area (Å²) in [6, 6.07) is 9.73. The van der Waals surface area contributed by atoms with Crippen molar-refractivity contribution in [2.75, 3.05) is 6.54 Å². The summed E-state index contributed by atoms with van der Waals surface area (Å²) in [5.74, 6) is 1.48. The van der Waals surface area contributed by atoms with E-state index in [0.29, 0.717) is 24.2 Å². The Balaban J connectivity index is 1.53. The molecular weight excluding hydrogens is 254 g/mol. The van der Waals surface area contributed by atoms with Gasteiger partial charge in [0.2, 0.25) is 11.8 Å². The number of benzene rings is 1. The van der Waals surface area contributed by atoms with Crippen LogP contribution in [0, 0.1) is 5.92 Å². The molecular formula is C15H19N3O2. The van der Waals surface area contributed by atoms with Gasteiger partial charge in [0.1, 0.15) is 0 Å². The predicted molar refractivity (Wildman–Crippen MR) is 74.8 cm³/mol. The summed E-state index contributed by atoms with van der Waals surface area (Å²) in [5, 5.41) is 21.1. The van der Waals surface area contributed by atoms with Crippen molar-refractivity contribution in [2.45, 2.75) is 31.9 Å². The Hall–Kier alpha value is -1.72. The minimum absolute atomic E-state index is 0.162. The first kappa shape index (κ1) is 13.3. The van der Waals surface area contributed by atoms with Crippen LogP contribution >= 0.6 is 0 Å². The Kier molecular flexibility index (Phi) is 4.08. The molecule has 1 heterocycles. The normalized spacial score (nSPS) is 22.2. The molecule has 5 heteroatoms. The van der Waals surface area contributed by atoms with E-state index in [4.69, 9.17) is 4.42 Å². The fourth-order valence-electron chi connectivity index (χ4n) is 2.64. The Morgan fingerprint density at radius 3 is 2.80 bits per heavy atom. The van der Waals surface area contributed by atoms with Crippen LogP contribution in [-0.2, 0) is 6.54 Å². The monoisotopic (exact) mass is 273 g/mol. The highest BCUT2D eigenvalue weighted by molar-refractivity contribution is 5.51. The summed E-state index contributed by atoms with van der Waals surface area (Å²) in [5.41, 5.74) is 0.928. The molecule has 1 aliphatic rings. The molecule has 0 spiro atoms. The largest absolute Gasteiger partial charge is 0.419 e. The van der Waals surface area contributed by atoms with Crippen LogP contribution in [0.5, 0.6) is 0 Å². The number of aliphatic hydroxyl groups is 1. The number of hydrogen-bond donors (Lipinski definition) is 2. The van der Waals surface area contributed by atoms with E-state index in [0.717, 1.165) is 31.4 Å². The third-order valence-corrected chi connectivity index (χ3v) is 3.79. The zero-order valence-corrected chi connectivity index (χ0v) is 11.3. The lowest BCUT2D eigenvalue weighted by Gasteiger charge is -2.13. The van der Waals surface area contributed by atoms with Crippen molar-refractivity contribution in [3.8, 4) is 11.5 Å². The van der Waals surface area contributed by atoms with Crippen molar-refractivity contribution >= 4 is 0 Å². The molecule has 0 bridgehead atoms. The molecule has 1 aromatic heterocycles. The van der Waals surface area contributed by atoms with Crippen molar-refractivity contribution < 1.29 is 9.52 Å². The second-order valence-electron chi connectivity index (χ2n) is 5.26. The molecule has 0 saturated heterocycles. The standard InChI is InChI=1S/C15H19N3O2/c19-13-8-4-7-12(13)9-16-10-14-17-18-15(20-14)11-5-2-1-3-6-11/h1-3,5-6,12-13,16,19H,4,7-10H2. The fourth-order valence-corrected chi connectivity index (χ4v) is 2.64. The van der Waals surface area contributed by atoms with Crippen LogP contribution in [0.15, 0.2) is 34.7 Å². The maximum atomic E-state index is 9.75. The lowest BCUT2D eigenvalue weighted by Crippen LogP contribution is -2.27. The number of rotatable bonds is 5. The first-order valence-corrected chi connectivity index (χ1v) is 7.09. The smallest absolute Gasteiger partial charge is 0.247 e. The highest BCUT2D eigenvalue weighted by Crippen LogP contribution is 2.24. The molecule has 0 aliphatic heterocycles. The SMILES string of the molecule is OC1CCCC1CNCc1nnc(-c2ccccc2)o1. The molecule has 20 heavy (non-hydrogen) atoms. The molecule has 0 radical (unpaired) electrons. The second kappa shape index (κ2) is 6.15. The van der Waals surface area contributed by atoms with E-state index in [1.165, 1.54) is 0 Å². The number of aromatic nitrogens is 2. The van der Waals surface area contributed by atoms with Crippen molar-refractivity contribution in [1.82, 2.24) is 15.5 Å². The van der Waals surface area contributed by atoms with E-state index in [2.05, 4.69) is 15.5 Å². The van der Waals surface area contributed by atoms with Crippen LogP contribution in [0.4, 0.5) is 0 Å². The van der Waals surface area contributed by atoms with Crippen LogP contribution in [0.1, 0.15) is 25.2 Å². The zero-order chi connectivity index (χ0) is 13.8. The van der Waals surface area contributed by atoms with Gasteiger partial charge in [0.25, 0.3) is 0 Å². The van der Waals surface area contributed by atoms with Gasteiger partial charge in [-0.25, -0.2) is 0 Å². The summed E-state index contributed by atoms with van der Waals surface area (Å²) in [6.45, 7) is 1.34. The van der Waals surface area contributed by atoms with Gasteiger partial charge < -0.3 is 14.8 Å².